The number of nitrogens with one attached hydrogen (secondary N) is 1. The molecule has 0 aromatic heterocycles. The smallest absolute Gasteiger partial charge is 0.211 e. The minimum atomic E-state index is -3.03. The fourth-order valence-corrected chi connectivity index (χ4v) is 1.42. The van der Waals surface area contributed by atoms with Crippen molar-refractivity contribution in [1.82, 2.24) is 4.72 Å². The lowest BCUT2D eigenvalue weighted by Gasteiger charge is -2.06. The van der Waals surface area contributed by atoms with E-state index in [1.807, 2.05) is 6.92 Å². The summed E-state index contributed by atoms with van der Waals surface area (Å²) in [4.78, 5) is 0. The van der Waals surface area contributed by atoms with Crippen LogP contribution >= 0.6 is 11.6 Å². The molecule has 12 heavy (non-hydrogen) atoms. The Morgan fingerprint density at radius 2 is 2.00 bits per heavy atom. The molecular weight excluding hydrogens is 198 g/mol. The maximum Gasteiger partial charge on any atom is 0.211 e. The van der Waals surface area contributed by atoms with E-state index in [9.17, 15) is 8.42 Å². The van der Waals surface area contributed by atoms with Crippen molar-refractivity contribution in [1.29, 1.82) is 0 Å². The normalized spacial score (nSPS) is 14.6. The average molecular weight is 214 g/mol. The maximum atomic E-state index is 10.9. The van der Waals surface area contributed by atoms with Crippen molar-refractivity contribution in [2.45, 2.75) is 32.1 Å². The molecule has 0 aliphatic rings. The molecule has 3 nitrogen and oxygen atoms in total. The molecule has 0 aromatic rings. The third-order valence-corrected chi connectivity index (χ3v) is 3.53. The first-order chi connectivity index (χ1) is 5.52. The number of alkyl halides is 1. The van der Waals surface area contributed by atoms with Crippen LogP contribution in [0.1, 0.15) is 26.7 Å². The van der Waals surface area contributed by atoms with E-state index >= 15 is 0 Å². The van der Waals surface area contributed by atoms with Gasteiger partial charge in [0.05, 0.1) is 5.75 Å². The van der Waals surface area contributed by atoms with Crippen molar-refractivity contribution in [2.75, 3.05) is 12.3 Å². The summed E-state index contributed by atoms with van der Waals surface area (Å²) in [5.74, 6) is 0.131. The zero-order valence-corrected chi connectivity index (χ0v) is 9.08. The molecule has 5 heteroatoms. The van der Waals surface area contributed by atoms with Crippen LogP contribution in [-0.2, 0) is 10.0 Å². The summed E-state index contributed by atoms with van der Waals surface area (Å²) in [7, 11) is -3.03. The molecule has 0 saturated heterocycles. The minimum absolute atomic E-state index is 0.0737. The zero-order valence-electron chi connectivity index (χ0n) is 7.51. The quantitative estimate of drug-likeness (QED) is 0.677. The van der Waals surface area contributed by atoms with Gasteiger partial charge in [-0.3, -0.25) is 0 Å². The standard InChI is InChI=1S/C7H16ClNO2S/c1-3-7(8)5-6-9-12(10,11)4-2/h7,9H,3-6H2,1-2H3. The summed E-state index contributed by atoms with van der Waals surface area (Å²) in [6.07, 6.45) is 1.56. The van der Waals surface area contributed by atoms with E-state index in [0.29, 0.717) is 13.0 Å². The summed E-state index contributed by atoms with van der Waals surface area (Å²) in [6, 6.07) is 0. The zero-order chi connectivity index (χ0) is 9.61. The second-order valence-electron chi connectivity index (χ2n) is 2.59. The second kappa shape index (κ2) is 5.78. The molecule has 0 radical (unpaired) electrons. The van der Waals surface area contributed by atoms with Crippen molar-refractivity contribution < 1.29 is 8.42 Å². The van der Waals surface area contributed by atoms with Crippen molar-refractivity contribution in [2.24, 2.45) is 0 Å². The van der Waals surface area contributed by atoms with Crippen LogP contribution < -0.4 is 4.72 Å². The Hall–Kier alpha value is 0.200. The molecule has 1 N–H and O–H groups in total. The van der Waals surface area contributed by atoms with Gasteiger partial charge in [-0.15, -0.1) is 11.6 Å². The van der Waals surface area contributed by atoms with E-state index in [0.717, 1.165) is 6.42 Å². The third-order valence-electron chi connectivity index (χ3n) is 1.60. The van der Waals surface area contributed by atoms with Crippen LogP contribution in [0.4, 0.5) is 0 Å². The van der Waals surface area contributed by atoms with Gasteiger partial charge < -0.3 is 0 Å². The predicted molar refractivity (Wildman–Crippen MR) is 52.0 cm³/mol. The molecule has 0 rings (SSSR count). The molecule has 0 heterocycles. The van der Waals surface area contributed by atoms with Crippen molar-refractivity contribution >= 4 is 21.6 Å². The van der Waals surface area contributed by atoms with Crippen LogP contribution in [0.5, 0.6) is 0 Å². The lowest BCUT2D eigenvalue weighted by molar-refractivity contribution is 0.578. The fourth-order valence-electron chi connectivity index (χ4n) is 0.677. The lowest BCUT2D eigenvalue weighted by atomic mass is 10.2. The van der Waals surface area contributed by atoms with Gasteiger partial charge in [-0.2, -0.15) is 0 Å². The monoisotopic (exact) mass is 213 g/mol. The van der Waals surface area contributed by atoms with E-state index in [4.69, 9.17) is 11.6 Å². The topological polar surface area (TPSA) is 46.2 Å². The first-order valence-electron chi connectivity index (χ1n) is 4.13. The summed E-state index contributed by atoms with van der Waals surface area (Å²) in [5.41, 5.74) is 0. The Morgan fingerprint density at radius 1 is 1.42 bits per heavy atom. The van der Waals surface area contributed by atoms with E-state index in [2.05, 4.69) is 4.72 Å². The SMILES string of the molecule is CCC(Cl)CCNS(=O)(=O)CC. The van der Waals surface area contributed by atoms with E-state index in [1.165, 1.54) is 0 Å². The molecule has 1 unspecified atom stereocenters. The Bertz CT molecular complexity index is 203. The largest absolute Gasteiger partial charge is 0.215 e. The summed E-state index contributed by atoms with van der Waals surface area (Å²) in [5, 5.41) is 0.0737. The lowest BCUT2D eigenvalue weighted by Crippen LogP contribution is -2.27. The van der Waals surface area contributed by atoms with Gasteiger partial charge in [0.1, 0.15) is 0 Å². The molecule has 0 aromatic carbocycles. The van der Waals surface area contributed by atoms with E-state index < -0.39 is 10.0 Å². The first-order valence-corrected chi connectivity index (χ1v) is 6.22. The van der Waals surface area contributed by atoms with Crippen molar-refractivity contribution in [3.05, 3.63) is 0 Å². The Balaban J connectivity index is 3.57. The van der Waals surface area contributed by atoms with Gasteiger partial charge in [0.25, 0.3) is 0 Å². The van der Waals surface area contributed by atoms with Gasteiger partial charge in [-0.05, 0) is 19.8 Å². The number of sulfonamides is 1. The Morgan fingerprint density at radius 3 is 2.42 bits per heavy atom. The van der Waals surface area contributed by atoms with Crippen LogP contribution in [0.25, 0.3) is 0 Å². The van der Waals surface area contributed by atoms with Gasteiger partial charge in [-0.1, -0.05) is 6.92 Å². The highest BCUT2D eigenvalue weighted by atomic mass is 35.5. The molecule has 0 spiro atoms. The highest BCUT2D eigenvalue weighted by Gasteiger charge is 2.06. The van der Waals surface area contributed by atoms with Crippen LogP contribution in [0.15, 0.2) is 0 Å². The number of hydrogen-bond donors (Lipinski definition) is 1. The van der Waals surface area contributed by atoms with Crippen LogP contribution in [-0.4, -0.2) is 26.1 Å². The van der Waals surface area contributed by atoms with Gasteiger partial charge in [0.15, 0.2) is 0 Å². The van der Waals surface area contributed by atoms with Crippen LogP contribution in [0, 0.1) is 0 Å². The third kappa shape index (κ3) is 5.80. The van der Waals surface area contributed by atoms with Gasteiger partial charge in [-0.25, -0.2) is 13.1 Å². The Kier molecular flexibility index (Phi) is 5.88. The minimum Gasteiger partial charge on any atom is -0.215 e. The number of hydrogen-bond acceptors (Lipinski definition) is 2. The van der Waals surface area contributed by atoms with E-state index in [1.54, 1.807) is 6.92 Å². The molecule has 0 aliphatic heterocycles. The molecule has 0 saturated carbocycles. The molecule has 0 amide bonds. The van der Waals surface area contributed by atoms with Gasteiger partial charge >= 0.3 is 0 Å². The number of rotatable bonds is 6. The highest BCUT2D eigenvalue weighted by molar-refractivity contribution is 7.89. The maximum absolute atomic E-state index is 10.9. The highest BCUT2D eigenvalue weighted by Crippen LogP contribution is 2.04. The summed E-state index contributed by atoms with van der Waals surface area (Å²) in [6.45, 7) is 4.03. The second-order valence-corrected chi connectivity index (χ2v) is 5.30. The molecular formula is C7H16ClNO2S. The van der Waals surface area contributed by atoms with Crippen LogP contribution in [0.2, 0.25) is 0 Å². The molecule has 0 bridgehead atoms. The van der Waals surface area contributed by atoms with Gasteiger partial charge in [0, 0.05) is 11.9 Å². The average Bonchev–Trinajstić information content (AvgIpc) is 2.04. The fraction of sp³-hybridized carbons (Fsp3) is 1.00. The van der Waals surface area contributed by atoms with E-state index in [-0.39, 0.29) is 11.1 Å². The molecule has 74 valence electrons. The molecule has 0 aliphatic carbocycles. The summed E-state index contributed by atoms with van der Waals surface area (Å²) >= 11 is 5.80. The Labute approximate surface area is 79.5 Å². The summed E-state index contributed by atoms with van der Waals surface area (Å²) < 4.78 is 24.3. The molecule has 1 atom stereocenters. The van der Waals surface area contributed by atoms with Gasteiger partial charge in [0.2, 0.25) is 10.0 Å². The molecule has 0 fully saturated rings. The van der Waals surface area contributed by atoms with Crippen molar-refractivity contribution in [3.63, 3.8) is 0 Å². The van der Waals surface area contributed by atoms with Crippen LogP contribution in [0.3, 0.4) is 0 Å². The first kappa shape index (κ1) is 12.2. The van der Waals surface area contributed by atoms with Crippen molar-refractivity contribution in [3.8, 4) is 0 Å². The predicted octanol–water partition coefficient (Wildman–Crippen LogP) is 1.33. The number of halogens is 1.